The summed E-state index contributed by atoms with van der Waals surface area (Å²) in [7, 11) is 0. The minimum atomic E-state index is 0.580. The Morgan fingerprint density at radius 1 is 1.33 bits per heavy atom. The van der Waals surface area contributed by atoms with Gasteiger partial charge in [-0.25, -0.2) is 0 Å². The smallest absolute Gasteiger partial charge is 0.140 e. The summed E-state index contributed by atoms with van der Waals surface area (Å²) in [6.07, 6.45) is 6.49. The van der Waals surface area contributed by atoms with E-state index in [4.69, 9.17) is 10.00 Å². The molecule has 0 N–H and O–H groups in total. The molecular formula is C15H20N2O. The van der Waals surface area contributed by atoms with Gasteiger partial charge < -0.3 is 4.74 Å². The van der Waals surface area contributed by atoms with E-state index < -0.39 is 0 Å². The first-order valence-electron chi connectivity index (χ1n) is 6.72. The molecule has 0 aromatic carbocycles. The molecule has 0 unspecified atom stereocenters. The van der Waals surface area contributed by atoms with E-state index in [2.05, 4.69) is 11.1 Å². The Labute approximate surface area is 109 Å². The summed E-state index contributed by atoms with van der Waals surface area (Å²) in [5.74, 6) is 1.35. The lowest BCUT2D eigenvalue weighted by atomic mass is 9.90. The molecule has 0 bridgehead atoms. The molecule has 0 radical (unpaired) electrons. The van der Waals surface area contributed by atoms with Crippen molar-refractivity contribution in [2.24, 2.45) is 5.92 Å². The van der Waals surface area contributed by atoms with Crippen LogP contribution in [0.15, 0.2) is 6.07 Å². The Hall–Kier alpha value is -1.56. The van der Waals surface area contributed by atoms with E-state index in [0.717, 1.165) is 18.0 Å². The lowest BCUT2D eigenvalue weighted by Crippen LogP contribution is -2.16. The number of rotatable bonds is 3. The maximum absolute atomic E-state index is 9.16. The van der Waals surface area contributed by atoms with Crippen LogP contribution in [0.2, 0.25) is 0 Å². The SMILES string of the molecule is Cc1cc(OCC2CCCCC2)c(C#N)c(C)n1. The van der Waals surface area contributed by atoms with Crippen LogP contribution in [-0.2, 0) is 0 Å². The molecule has 3 nitrogen and oxygen atoms in total. The molecule has 18 heavy (non-hydrogen) atoms. The molecule has 0 aliphatic heterocycles. The highest BCUT2D eigenvalue weighted by Gasteiger charge is 2.16. The Balaban J connectivity index is 2.06. The van der Waals surface area contributed by atoms with Crippen molar-refractivity contribution in [3.63, 3.8) is 0 Å². The number of hydrogen-bond donors (Lipinski definition) is 0. The first kappa shape index (κ1) is 12.9. The highest BCUT2D eigenvalue weighted by atomic mass is 16.5. The highest BCUT2D eigenvalue weighted by molar-refractivity contribution is 5.46. The second-order valence-electron chi connectivity index (χ2n) is 5.15. The fourth-order valence-corrected chi connectivity index (χ4v) is 2.60. The van der Waals surface area contributed by atoms with Gasteiger partial charge >= 0.3 is 0 Å². The number of nitriles is 1. The van der Waals surface area contributed by atoms with Gasteiger partial charge in [-0.05, 0) is 32.6 Å². The minimum absolute atomic E-state index is 0.580. The molecule has 1 aromatic rings. The molecule has 1 aliphatic carbocycles. The maximum Gasteiger partial charge on any atom is 0.140 e. The summed E-state index contributed by atoms with van der Waals surface area (Å²) in [5, 5.41) is 9.16. The Morgan fingerprint density at radius 2 is 2.06 bits per heavy atom. The normalized spacial score (nSPS) is 16.3. The van der Waals surface area contributed by atoms with E-state index in [1.807, 2.05) is 19.9 Å². The van der Waals surface area contributed by atoms with Crippen LogP contribution >= 0.6 is 0 Å². The quantitative estimate of drug-likeness (QED) is 0.817. The van der Waals surface area contributed by atoms with Crippen molar-refractivity contribution in [3.8, 4) is 11.8 Å². The Bertz CT molecular complexity index is 456. The van der Waals surface area contributed by atoms with E-state index in [0.29, 0.717) is 17.2 Å². The predicted molar refractivity (Wildman–Crippen MR) is 70.5 cm³/mol. The number of ether oxygens (including phenoxy) is 1. The number of aryl methyl sites for hydroxylation is 2. The Kier molecular flexibility index (Phi) is 4.19. The van der Waals surface area contributed by atoms with Crippen LogP contribution in [0.1, 0.15) is 49.1 Å². The first-order valence-corrected chi connectivity index (χ1v) is 6.72. The minimum Gasteiger partial charge on any atom is -0.492 e. The van der Waals surface area contributed by atoms with Crippen LogP contribution in [0.4, 0.5) is 0 Å². The summed E-state index contributed by atoms with van der Waals surface area (Å²) in [5.41, 5.74) is 2.25. The van der Waals surface area contributed by atoms with E-state index in [1.165, 1.54) is 32.1 Å². The number of pyridine rings is 1. The molecule has 3 heteroatoms. The average Bonchev–Trinajstić information content (AvgIpc) is 2.37. The maximum atomic E-state index is 9.16. The van der Waals surface area contributed by atoms with Gasteiger partial charge in [-0.2, -0.15) is 5.26 Å². The van der Waals surface area contributed by atoms with Crippen molar-refractivity contribution in [2.75, 3.05) is 6.61 Å². The summed E-state index contributed by atoms with van der Waals surface area (Å²) >= 11 is 0. The van der Waals surface area contributed by atoms with Gasteiger partial charge in [-0.1, -0.05) is 19.3 Å². The molecule has 1 fully saturated rings. The van der Waals surface area contributed by atoms with Gasteiger partial charge in [0.15, 0.2) is 0 Å². The van der Waals surface area contributed by atoms with Crippen LogP contribution in [0.3, 0.4) is 0 Å². The molecule has 0 atom stereocenters. The van der Waals surface area contributed by atoms with Crippen molar-refractivity contribution in [3.05, 3.63) is 23.0 Å². The van der Waals surface area contributed by atoms with Crippen LogP contribution in [0.5, 0.6) is 5.75 Å². The second-order valence-corrected chi connectivity index (χ2v) is 5.15. The van der Waals surface area contributed by atoms with Crippen LogP contribution in [0, 0.1) is 31.1 Å². The zero-order valence-corrected chi connectivity index (χ0v) is 11.2. The van der Waals surface area contributed by atoms with Gasteiger partial charge in [-0.15, -0.1) is 0 Å². The fourth-order valence-electron chi connectivity index (χ4n) is 2.60. The zero-order chi connectivity index (χ0) is 13.0. The molecule has 0 saturated heterocycles. The van der Waals surface area contributed by atoms with Crippen molar-refractivity contribution >= 4 is 0 Å². The monoisotopic (exact) mass is 244 g/mol. The largest absolute Gasteiger partial charge is 0.492 e. The van der Waals surface area contributed by atoms with Crippen LogP contribution < -0.4 is 4.74 Å². The van der Waals surface area contributed by atoms with Gasteiger partial charge in [0.1, 0.15) is 17.4 Å². The lowest BCUT2D eigenvalue weighted by molar-refractivity contribution is 0.208. The molecule has 1 saturated carbocycles. The average molecular weight is 244 g/mol. The molecule has 2 rings (SSSR count). The van der Waals surface area contributed by atoms with Gasteiger partial charge in [0.2, 0.25) is 0 Å². The third-order valence-corrected chi connectivity index (χ3v) is 3.60. The standard InChI is InChI=1S/C15H20N2O/c1-11-8-15(14(9-16)12(2)17-11)18-10-13-6-4-3-5-7-13/h8,13H,3-7,10H2,1-2H3. The highest BCUT2D eigenvalue weighted by Crippen LogP contribution is 2.26. The summed E-state index contributed by atoms with van der Waals surface area (Å²) in [4.78, 5) is 4.30. The van der Waals surface area contributed by atoms with E-state index >= 15 is 0 Å². The van der Waals surface area contributed by atoms with Gasteiger partial charge in [0.25, 0.3) is 0 Å². The molecule has 0 spiro atoms. The third-order valence-electron chi connectivity index (χ3n) is 3.60. The van der Waals surface area contributed by atoms with Crippen molar-refractivity contribution in [2.45, 2.75) is 46.0 Å². The number of hydrogen-bond acceptors (Lipinski definition) is 3. The van der Waals surface area contributed by atoms with E-state index in [9.17, 15) is 0 Å². The number of aromatic nitrogens is 1. The summed E-state index contributed by atoms with van der Waals surface area (Å²) in [6.45, 7) is 4.53. The van der Waals surface area contributed by atoms with Crippen LogP contribution in [-0.4, -0.2) is 11.6 Å². The van der Waals surface area contributed by atoms with Crippen molar-refractivity contribution < 1.29 is 4.74 Å². The summed E-state index contributed by atoms with van der Waals surface area (Å²) < 4.78 is 5.87. The molecule has 96 valence electrons. The van der Waals surface area contributed by atoms with Gasteiger partial charge in [0.05, 0.1) is 12.3 Å². The molecule has 0 amide bonds. The van der Waals surface area contributed by atoms with E-state index in [-0.39, 0.29) is 0 Å². The lowest BCUT2D eigenvalue weighted by Gasteiger charge is -2.22. The Morgan fingerprint density at radius 3 is 2.72 bits per heavy atom. The van der Waals surface area contributed by atoms with Gasteiger partial charge in [-0.3, -0.25) is 4.98 Å². The third kappa shape index (κ3) is 3.01. The first-order chi connectivity index (χ1) is 8.70. The summed E-state index contributed by atoms with van der Waals surface area (Å²) in [6, 6.07) is 4.06. The van der Waals surface area contributed by atoms with Crippen molar-refractivity contribution in [1.82, 2.24) is 4.98 Å². The van der Waals surface area contributed by atoms with Gasteiger partial charge in [0, 0.05) is 11.8 Å². The fraction of sp³-hybridized carbons (Fsp3) is 0.600. The molecule has 1 aromatic heterocycles. The zero-order valence-electron chi connectivity index (χ0n) is 11.2. The molecule has 1 heterocycles. The number of nitrogens with zero attached hydrogens (tertiary/aromatic N) is 2. The molecule has 1 aliphatic rings. The second kappa shape index (κ2) is 5.86. The predicted octanol–water partition coefficient (Wildman–Crippen LogP) is 3.53. The molecular weight excluding hydrogens is 224 g/mol. The van der Waals surface area contributed by atoms with Crippen molar-refractivity contribution in [1.29, 1.82) is 5.26 Å². The topological polar surface area (TPSA) is 45.9 Å². The van der Waals surface area contributed by atoms with E-state index in [1.54, 1.807) is 0 Å². The van der Waals surface area contributed by atoms with Crippen LogP contribution in [0.25, 0.3) is 0 Å².